The molecule has 0 fully saturated rings. The van der Waals surface area contributed by atoms with E-state index in [1.165, 1.54) is 11.3 Å². The maximum Gasteiger partial charge on any atom is 0.261 e. The number of rotatable bonds is 6. The maximum absolute atomic E-state index is 12.1. The average Bonchev–Trinajstić information content (AvgIpc) is 3.03. The van der Waals surface area contributed by atoms with Gasteiger partial charge >= 0.3 is 0 Å². The van der Waals surface area contributed by atoms with Crippen molar-refractivity contribution in [3.8, 4) is 0 Å². The van der Waals surface area contributed by atoms with Gasteiger partial charge in [-0.1, -0.05) is 35.9 Å². The average molecular weight is 337 g/mol. The first-order chi connectivity index (χ1) is 10.6. The zero-order chi connectivity index (χ0) is 15.9. The fourth-order valence-electron chi connectivity index (χ4n) is 1.94. The Bertz CT molecular complexity index is 643. The van der Waals surface area contributed by atoms with Gasteiger partial charge in [0.05, 0.1) is 4.88 Å². The minimum absolute atomic E-state index is 0.0357. The summed E-state index contributed by atoms with van der Waals surface area (Å²) in [5.41, 5.74) is 0.905. The highest BCUT2D eigenvalue weighted by Crippen LogP contribution is 2.16. The number of hydrogen-bond acceptors (Lipinski definition) is 3. The molecule has 0 saturated heterocycles. The van der Waals surface area contributed by atoms with Crippen LogP contribution in [0, 0.1) is 0 Å². The molecule has 1 aromatic carbocycles. The number of benzene rings is 1. The number of halogens is 1. The molecule has 0 unspecified atom stereocenters. The second kappa shape index (κ2) is 7.96. The molecule has 0 radical (unpaired) electrons. The first-order valence-electron chi connectivity index (χ1n) is 6.87. The molecule has 4 nitrogen and oxygen atoms in total. The molecule has 0 saturated carbocycles. The van der Waals surface area contributed by atoms with E-state index in [1.54, 1.807) is 24.1 Å². The van der Waals surface area contributed by atoms with Crippen molar-refractivity contribution < 1.29 is 9.59 Å². The van der Waals surface area contributed by atoms with Crippen molar-refractivity contribution >= 4 is 34.8 Å². The fourth-order valence-corrected chi connectivity index (χ4v) is 2.77. The standard InChI is InChI=1S/C16H17ClN2O2S/c1-19(11-12-5-2-3-6-13(12)17)15(20)8-9-18-16(21)14-7-4-10-22-14/h2-7,10H,8-9,11H2,1H3,(H,18,21). The molecule has 1 aromatic heterocycles. The summed E-state index contributed by atoms with van der Waals surface area (Å²) in [5.74, 6) is -0.178. The van der Waals surface area contributed by atoms with Crippen LogP contribution >= 0.6 is 22.9 Å². The molecule has 2 aromatic rings. The lowest BCUT2D eigenvalue weighted by atomic mass is 10.2. The molecule has 0 spiro atoms. The van der Waals surface area contributed by atoms with E-state index in [1.807, 2.05) is 29.6 Å². The summed E-state index contributed by atoms with van der Waals surface area (Å²) >= 11 is 7.46. The van der Waals surface area contributed by atoms with Crippen molar-refractivity contribution in [1.82, 2.24) is 10.2 Å². The Kier molecular flexibility index (Phi) is 5.98. The van der Waals surface area contributed by atoms with Gasteiger partial charge in [0.2, 0.25) is 5.91 Å². The third-order valence-electron chi connectivity index (χ3n) is 3.16. The highest BCUT2D eigenvalue weighted by molar-refractivity contribution is 7.12. The van der Waals surface area contributed by atoms with Crippen LogP contribution in [-0.4, -0.2) is 30.3 Å². The summed E-state index contributed by atoms with van der Waals surface area (Å²) in [7, 11) is 1.73. The Morgan fingerprint density at radius 3 is 2.68 bits per heavy atom. The number of nitrogens with one attached hydrogen (secondary N) is 1. The van der Waals surface area contributed by atoms with Crippen LogP contribution in [-0.2, 0) is 11.3 Å². The molecule has 0 bridgehead atoms. The molecule has 116 valence electrons. The van der Waals surface area contributed by atoms with Gasteiger partial charge in [-0.15, -0.1) is 11.3 Å². The third kappa shape index (κ3) is 4.58. The molecular formula is C16H17ClN2O2S. The molecule has 22 heavy (non-hydrogen) atoms. The molecule has 0 aliphatic heterocycles. The van der Waals surface area contributed by atoms with Crippen molar-refractivity contribution in [3.05, 3.63) is 57.2 Å². The van der Waals surface area contributed by atoms with E-state index >= 15 is 0 Å². The van der Waals surface area contributed by atoms with E-state index in [0.29, 0.717) is 23.0 Å². The van der Waals surface area contributed by atoms with Crippen molar-refractivity contribution in [2.45, 2.75) is 13.0 Å². The predicted octanol–water partition coefficient (Wildman–Crippen LogP) is 3.18. The molecule has 2 amide bonds. The van der Waals surface area contributed by atoms with E-state index in [0.717, 1.165) is 5.56 Å². The van der Waals surface area contributed by atoms with E-state index in [9.17, 15) is 9.59 Å². The van der Waals surface area contributed by atoms with Crippen LogP contribution in [0.5, 0.6) is 0 Å². The van der Waals surface area contributed by atoms with Gasteiger partial charge in [-0.3, -0.25) is 9.59 Å². The monoisotopic (exact) mass is 336 g/mol. The van der Waals surface area contributed by atoms with E-state index in [-0.39, 0.29) is 18.2 Å². The zero-order valence-electron chi connectivity index (χ0n) is 12.2. The van der Waals surface area contributed by atoms with Crippen molar-refractivity contribution in [2.24, 2.45) is 0 Å². The van der Waals surface area contributed by atoms with E-state index in [4.69, 9.17) is 11.6 Å². The maximum atomic E-state index is 12.1. The SMILES string of the molecule is CN(Cc1ccccc1Cl)C(=O)CCNC(=O)c1cccs1. The Morgan fingerprint density at radius 2 is 2.00 bits per heavy atom. The lowest BCUT2D eigenvalue weighted by Crippen LogP contribution is -2.31. The Hall–Kier alpha value is -1.85. The van der Waals surface area contributed by atoms with Gasteiger partial charge in [0, 0.05) is 31.6 Å². The fraction of sp³-hybridized carbons (Fsp3) is 0.250. The lowest BCUT2D eigenvalue weighted by Gasteiger charge is -2.18. The van der Waals surface area contributed by atoms with Gasteiger partial charge in [0.15, 0.2) is 0 Å². The van der Waals surface area contributed by atoms with Crippen LogP contribution in [0.15, 0.2) is 41.8 Å². The largest absolute Gasteiger partial charge is 0.351 e. The first-order valence-corrected chi connectivity index (χ1v) is 8.13. The van der Waals surface area contributed by atoms with Crippen molar-refractivity contribution in [2.75, 3.05) is 13.6 Å². The predicted molar refractivity (Wildman–Crippen MR) is 89.2 cm³/mol. The van der Waals surface area contributed by atoms with Gasteiger partial charge in [0.1, 0.15) is 0 Å². The van der Waals surface area contributed by atoms with E-state index < -0.39 is 0 Å². The van der Waals surface area contributed by atoms with Crippen LogP contribution in [0.3, 0.4) is 0 Å². The molecule has 0 aliphatic carbocycles. The summed E-state index contributed by atoms with van der Waals surface area (Å²) in [6.07, 6.45) is 0.262. The smallest absolute Gasteiger partial charge is 0.261 e. The number of amides is 2. The van der Waals surface area contributed by atoms with Gasteiger partial charge in [0.25, 0.3) is 5.91 Å². The molecule has 0 aliphatic rings. The third-order valence-corrected chi connectivity index (χ3v) is 4.40. The highest BCUT2D eigenvalue weighted by Gasteiger charge is 2.12. The Balaban J connectivity index is 1.77. The summed E-state index contributed by atoms with van der Waals surface area (Å²) in [5, 5.41) is 5.24. The summed E-state index contributed by atoms with van der Waals surface area (Å²) in [4.78, 5) is 26.1. The molecule has 1 N–H and O–H groups in total. The van der Waals surface area contributed by atoms with Crippen LogP contribution in [0.4, 0.5) is 0 Å². The zero-order valence-corrected chi connectivity index (χ0v) is 13.8. The van der Waals surface area contributed by atoms with Gasteiger partial charge in [-0.05, 0) is 23.1 Å². The second-order valence-electron chi connectivity index (χ2n) is 4.82. The minimum atomic E-state index is -0.142. The van der Waals surface area contributed by atoms with Gasteiger partial charge in [-0.2, -0.15) is 0 Å². The molecule has 6 heteroatoms. The van der Waals surface area contributed by atoms with Gasteiger partial charge < -0.3 is 10.2 Å². The van der Waals surface area contributed by atoms with Crippen molar-refractivity contribution in [3.63, 3.8) is 0 Å². The molecule has 2 rings (SSSR count). The van der Waals surface area contributed by atoms with E-state index in [2.05, 4.69) is 5.32 Å². The summed E-state index contributed by atoms with van der Waals surface area (Å²) in [6, 6.07) is 11.0. The van der Waals surface area contributed by atoms with Crippen LogP contribution in [0.1, 0.15) is 21.7 Å². The van der Waals surface area contributed by atoms with Crippen LogP contribution in [0.2, 0.25) is 5.02 Å². The number of hydrogen-bond donors (Lipinski definition) is 1. The molecule has 1 heterocycles. The van der Waals surface area contributed by atoms with Gasteiger partial charge in [-0.25, -0.2) is 0 Å². The topological polar surface area (TPSA) is 49.4 Å². The number of thiophene rings is 1. The molecule has 0 atom stereocenters. The lowest BCUT2D eigenvalue weighted by molar-refractivity contribution is -0.130. The minimum Gasteiger partial charge on any atom is -0.351 e. The number of carbonyl (C=O) groups excluding carboxylic acids is 2. The quantitative estimate of drug-likeness (QED) is 0.880. The second-order valence-corrected chi connectivity index (χ2v) is 6.18. The van der Waals surface area contributed by atoms with Crippen molar-refractivity contribution in [1.29, 1.82) is 0 Å². The summed E-state index contributed by atoms with van der Waals surface area (Å²) < 4.78 is 0. The highest BCUT2D eigenvalue weighted by atomic mass is 35.5. The first kappa shape index (κ1) is 16.5. The van der Waals surface area contributed by atoms with Crippen LogP contribution in [0.25, 0.3) is 0 Å². The Morgan fingerprint density at radius 1 is 1.23 bits per heavy atom. The Labute approximate surface area is 138 Å². The number of nitrogens with zero attached hydrogens (tertiary/aromatic N) is 1. The van der Waals surface area contributed by atoms with Crippen LogP contribution < -0.4 is 5.32 Å². The normalized spacial score (nSPS) is 10.3. The number of carbonyl (C=O) groups is 2. The summed E-state index contributed by atoms with van der Waals surface area (Å²) in [6.45, 7) is 0.778. The molecular weight excluding hydrogens is 320 g/mol.